The van der Waals surface area contributed by atoms with Crippen LogP contribution in [0.4, 0.5) is 5.69 Å². The van der Waals surface area contributed by atoms with E-state index in [0.717, 1.165) is 5.56 Å². The Morgan fingerprint density at radius 3 is 2.48 bits per heavy atom. The molecule has 0 bridgehead atoms. The molecule has 0 aliphatic carbocycles. The zero-order valence-electron chi connectivity index (χ0n) is 17.2. The van der Waals surface area contributed by atoms with E-state index in [9.17, 15) is 9.59 Å². The minimum atomic E-state index is -0.406. The summed E-state index contributed by atoms with van der Waals surface area (Å²) in [6.45, 7) is 8.69. The molecular weight excluding hydrogens is 372 g/mol. The molecule has 0 spiro atoms. The Morgan fingerprint density at radius 1 is 1.07 bits per heavy atom. The summed E-state index contributed by atoms with van der Waals surface area (Å²) in [5.74, 6) is 0.699. The van der Waals surface area contributed by atoms with E-state index in [2.05, 4.69) is 5.32 Å². The number of hydrogen-bond acceptors (Lipinski definition) is 5. The number of hydrogen-bond donors (Lipinski definition) is 1. The molecular formula is C22H26N2O5. The van der Waals surface area contributed by atoms with Crippen LogP contribution in [-0.2, 0) is 11.2 Å². The van der Waals surface area contributed by atoms with Gasteiger partial charge in [-0.3, -0.25) is 9.36 Å². The predicted molar refractivity (Wildman–Crippen MR) is 112 cm³/mol. The molecule has 1 N–H and O–H groups in total. The molecule has 0 unspecified atom stereocenters. The number of rotatable bonds is 8. The van der Waals surface area contributed by atoms with Crippen LogP contribution in [-0.4, -0.2) is 23.7 Å². The molecule has 29 heavy (non-hydrogen) atoms. The monoisotopic (exact) mass is 398 g/mol. The summed E-state index contributed by atoms with van der Waals surface area (Å²) in [6, 6.07) is 10.7. The molecule has 1 aromatic heterocycles. The molecule has 0 aliphatic rings. The number of carbonyl (C=O) groups is 1. The Bertz CT molecular complexity index is 1060. The highest BCUT2D eigenvalue weighted by atomic mass is 16.5. The maximum absolute atomic E-state index is 12.5. The number of aromatic nitrogens is 1. The van der Waals surface area contributed by atoms with E-state index in [1.165, 1.54) is 0 Å². The second-order valence-corrected chi connectivity index (χ2v) is 6.89. The SMILES string of the molecule is CCOc1ccc(CC(=O)Nc2ccc3c(c2)oc(=O)n3C(C)C)cc1OCC. The normalized spacial score (nSPS) is 11.1. The van der Waals surface area contributed by atoms with E-state index in [0.29, 0.717) is 41.5 Å². The van der Waals surface area contributed by atoms with Crippen molar-refractivity contribution in [1.29, 1.82) is 0 Å². The molecule has 0 atom stereocenters. The summed E-state index contributed by atoms with van der Waals surface area (Å²) in [7, 11) is 0. The molecule has 0 radical (unpaired) electrons. The van der Waals surface area contributed by atoms with E-state index >= 15 is 0 Å². The maximum atomic E-state index is 12.5. The molecule has 3 aromatic rings. The van der Waals surface area contributed by atoms with Crippen molar-refractivity contribution in [2.45, 2.75) is 40.2 Å². The Balaban J connectivity index is 1.75. The van der Waals surface area contributed by atoms with Crippen molar-refractivity contribution in [3.05, 3.63) is 52.5 Å². The van der Waals surface area contributed by atoms with Crippen molar-refractivity contribution in [3.8, 4) is 11.5 Å². The molecule has 2 aromatic carbocycles. The number of anilines is 1. The predicted octanol–water partition coefficient (Wildman–Crippen LogP) is 4.15. The number of oxazole rings is 1. The van der Waals surface area contributed by atoms with Crippen LogP contribution in [0.1, 0.15) is 39.3 Å². The average molecular weight is 398 g/mol. The summed E-state index contributed by atoms with van der Waals surface area (Å²) in [6.07, 6.45) is 0.182. The molecule has 0 saturated carbocycles. The Kier molecular flexibility index (Phi) is 6.26. The zero-order chi connectivity index (χ0) is 21.0. The van der Waals surface area contributed by atoms with Crippen molar-refractivity contribution >= 4 is 22.7 Å². The van der Waals surface area contributed by atoms with Gasteiger partial charge in [-0.2, -0.15) is 0 Å². The minimum Gasteiger partial charge on any atom is -0.490 e. The van der Waals surface area contributed by atoms with Crippen molar-refractivity contribution in [1.82, 2.24) is 4.57 Å². The lowest BCUT2D eigenvalue weighted by Crippen LogP contribution is -2.16. The van der Waals surface area contributed by atoms with Crippen LogP contribution in [0.2, 0.25) is 0 Å². The lowest BCUT2D eigenvalue weighted by Gasteiger charge is -2.12. The van der Waals surface area contributed by atoms with Gasteiger partial charge in [0.1, 0.15) is 0 Å². The third-order valence-corrected chi connectivity index (χ3v) is 4.39. The number of ether oxygens (including phenoxy) is 2. The smallest absolute Gasteiger partial charge is 0.420 e. The van der Waals surface area contributed by atoms with Crippen molar-refractivity contribution in [2.24, 2.45) is 0 Å². The minimum absolute atomic E-state index is 0.0108. The standard InChI is InChI=1S/C22H26N2O5/c1-5-27-18-10-7-15(11-20(18)28-6-2)12-21(25)23-16-8-9-17-19(13-16)29-22(26)24(17)14(3)4/h7-11,13-14H,5-6,12H2,1-4H3,(H,23,25). The third kappa shape index (κ3) is 4.62. The fraction of sp³-hybridized carbons (Fsp3) is 0.364. The van der Waals surface area contributed by atoms with Crippen LogP contribution < -0.4 is 20.5 Å². The van der Waals surface area contributed by atoms with Gasteiger partial charge in [0.25, 0.3) is 0 Å². The topological polar surface area (TPSA) is 82.7 Å². The number of nitrogens with zero attached hydrogens (tertiary/aromatic N) is 1. The van der Waals surface area contributed by atoms with Crippen LogP contribution in [0, 0.1) is 0 Å². The summed E-state index contributed by atoms with van der Waals surface area (Å²) < 4.78 is 18.0. The molecule has 3 rings (SSSR count). The van der Waals surface area contributed by atoms with E-state index in [1.807, 2.05) is 45.9 Å². The Morgan fingerprint density at radius 2 is 1.79 bits per heavy atom. The van der Waals surface area contributed by atoms with Gasteiger partial charge >= 0.3 is 5.76 Å². The van der Waals surface area contributed by atoms with Gasteiger partial charge in [0, 0.05) is 17.8 Å². The first kappa shape index (κ1) is 20.5. The quantitative estimate of drug-likeness (QED) is 0.616. The molecule has 7 nitrogen and oxygen atoms in total. The van der Waals surface area contributed by atoms with Crippen LogP contribution in [0.25, 0.3) is 11.1 Å². The first-order valence-corrected chi connectivity index (χ1v) is 9.76. The van der Waals surface area contributed by atoms with Gasteiger partial charge in [-0.15, -0.1) is 0 Å². The van der Waals surface area contributed by atoms with Gasteiger partial charge in [0.2, 0.25) is 5.91 Å². The van der Waals surface area contributed by atoms with E-state index < -0.39 is 5.76 Å². The lowest BCUT2D eigenvalue weighted by atomic mass is 10.1. The molecule has 154 valence electrons. The number of carbonyl (C=O) groups excluding carboxylic acids is 1. The highest BCUT2D eigenvalue weighted by molar-refractivity contribution is 5.94. The summed E-state index contributed by atoms with van der Waals surface area (Å²) >= 11 is 0. The number of amides is 1. The van der Waals surface area contributed by atoms with Crippen LogP contribution in [0.5, 0.6) is 11.5 Å². The summed E-state index contributed by atoms with van der Waals surface area (Å²) in [4.78, 5) is 24.5. The molecule has 1 heterocycles. The average Bonchev–Trinajstić information content (AvgIpc) is 2.99. The summed E-state index contributed by atoms with van der Waals surface area (Å²) in [5, 5.41) is 2.85. The summed E-state index contributed by atoms with van der Waals surface area (Å²) in [5.41, 5.74) is 2.54. The van der Waals surface area contributed by atoms with Crippen molar-refractivity contribution < 1.29 is 18.7 Å². The Hall–Kier alpha value is -3.22. The van der Waals surface area contributed by atoms with Crippen LogP contribution >= 0.6 is 0 Å². The first-order chi connectivity index (χ1) is 13.9. The fourth-order valence-corrected chi connectivity index (χ4v) is 3.20. The highest BCUT2D eigenvalue weighted by Gasteiger charge is 2.14. The van der Waals surface area contributed by atoms with E-state index in [1.54, 1.807) is 22.8 Å². The van der Waals surface area contributed by atoms with Gasteiger partial charge in [0.05, 0.1) is 25.2 Å². The van der Waals surface area contributed by atoms with E-state index in [4.69, 9.17) is 13.9 Å². The van der Waals surface area contributed by atoms with Crippen LogP contribution in [0.15, 0.2) is 45.6 Å². The lowest BCUT2D eigenvalue weighted by molar-refractivity contribution is -0.115. The molecule has 1 amide bonds. The number of nitrogens with one attached hydrogen (secondary N) is 1. The van der Waals surface area contributed by atoms with Gasteiger partial charge in [-0.1, -0.05) is 6.07 Å². The maximum Gasteiger partial charge on any atom is 0.420 e. The zero-order valence-corrected chi connectivity index (χ0v) is 17.2. The van der Waals surface area contributed by atoms with Gasteiger partial charge < -0.3 is 19.2 Å². The van der Waals surface area contributed by atoms with Crippen molar-refractivity contribution in [2.75, 3.05) is 18.5 Å². The largest absolute Gasteiger partial charge is 0.490 e. The Labute approximate surface area is 169 Å². The third-order valence-electron chi connectivity index (χ3n) is 4.39. The fourth-order valence-electron chi connectivity index (χ4n) is 3.20. The second kappa shape index (κ2) is 8.86. The molecule has 0 aliphatic heterocycles. The first-order valence-electron chi connectivity index (χ1n) is 9.76. The molecule has 0 saturated heterocycles. The highest BCUT2D eigenvalue weighted by Crippen LogP contribution is 2.29. The number of fused-ring (bicyclic) bond motifs is 1. The van der Waals surface area contributed by atoms with Crippen LogP contribution in [0.3, 0.4) is 0 Å². The van der Waals surface area contributed by atoms with Gasteiger partial charge in [-0.05, 0) is 57.5 Å². The van der Waals surface area contributed by atoms with Gasteiger partial charge in [-0.25, -0.2) is 4.79 Å². The molecule has 7 heteroatoms. The van der Waals surface area contributed by atoms with Crippen molar-refractivity contribution in [3.63, 3.8) is 0 Å². The number of benzene rings is 2. The van der Waals surface area contributed by atoms with E-state index in [-0.39, 0.29) is 18.4 Å². The van der Waals surface area contributed by atoms with Gasteiger partial charge in [0.15, 0.2) is 17.1 Å². The molecule has 0 fully saturated rings. The second-order valence-electron chi connectivity index (χ2n) is 6.89.